The van der Waals surface area contributed by atoms with Crippen molar-refractivity contribution in [2.45, 2.75) is 11.7 Å². The summed E-state index contributed by atoms with van der Waals surface area (Å²) in [4.78, 5) is 24.3. The van der Waals surface area contributed by atoms with Crippen LogP contribution in [0.25, 0.3) is 0 Å². The van der Waals surface area contributed by atoms with Gasteiger partial charge in [-0.2, -0.15) is 5.10 Å². The normalized spacial score (nSPS) is 18.9. The third kappa shape index (κ3) is 4.87. The molecule has 134 valence electrons. The quantitative estimate of drug-likeness (QED) is 0.594. The van der Waals surface area contributed by atoms with Crippen molar-refractivity contribution in [1.29, 1.82) is 0 Å². The molecule has 2 amide bonds. The fraction of sp³-hybridized carbons (Fsp3) is 0.125. The van der Waals surface area contributed by atoms with Crippen LogP contribution in [0.15, 0.2) is 51.2 Å². The Labute approximate surface area is 162 Å². The summed E-state index contributed by atoms with van der Waals surface area (Å²) in [6, 6.07) is 8.18. The summed E-state index contributed by atoms with van der Waals surface area (Å²) >= 11 is 12.9. The summed E-state index contributed by atoms with van der Waals surface area (Å²) in [5.41, 5.74) is 0.491. The number of hydrogen-bond acceptors (Lipinski definition) is 6. The Morgan fingerprint density at radius 3 is 2.92 bits per heavy atom. The highest BCUT2D eigenvalue weighted by Gasteiger charge is 2.30. The van der Waals surface area contributed by atoms with E-state index in [-0.39, 0.29) is 23.4 Å². The van der Waals surface area contributed by atoms with Crippen LogP contribution in [0.5, 0.6) is 0 Å². The van der Waals surface area contributed by atoms with Gasteiger partial charge in [-0.05, 0) is 30.3 Å². The molecule has 3 rings (SSSR count). The van der Waals surface area contributed by atoms with Crippen molar-refractivity contribution in [3.8, 4) is 0 Å². The van der Waals surface area contributed by atoms with E-state index >= 15 is 0 Å². The highest BCUT2D eigenvalue weighted by Crippen LogP contribution is 2.27. The van der Waals surface area contributed by atoms with Gasteiger partial charge in [0.1, 0.15) is 11.0 Å². The van der Waals surface area contributed by atoms with Crippen LogP contribution in [0.2, 0.25) is 10.0 Å². The van der Waals surface area contributed by atoms with Gasteiger partial charge in [0.25, 0.3) is 0 Å². The van der Waals surface area contributed by atoms with Gasteiger partial charge in [-0.3, -0.25) is 9.59 Å². The zero-order valence-corrected chi connectivity index (χ0v) is 15.4. The first-order chi connectivity index (χ1) is 12.5. The lowest BCUT2D eigenvalue weighted by molar-refractivity contribution is -0.123. The lowest BCUT2D eigenvalue weighted by atomic mass is 10.2. The van der Waals surface area contributed by atoms with Gasteiger partial charge in [0.2, 0.25) is 11.8 Å². The number of carbonyl (C=O) groups is 2. The van der Waals surface area contributed by atoms with E-state index in [1.807, 2.05) is 0 Å². The Hall–Kier alpha value is -2.29. The van der Waals surface area contributed by atoms with Crippen LogP contribution in [0.1, 0.15) is 12.2 Å². The van der Waals surface area contributed by atoms with Crippen LogP contribution in [0, 0.1) is 0 Å². The third-order valence-corrected chi connectivity index (χ3v) is 5.04. The molecule has 0 saturated carbocycles. The molecule has 0 spiro atoms. The van der Waals surface area contributed by atoms with Crippen LogP contribution in [-0.2, 0) is 9.59 Å². The highest BCUT2D eigenvalue weighted by molar-refractivity contribution is 8.15. The molecule has 1 fully saturated rings. The summed E-state index contributed by atoms with van der Waals surface area (Å²) in [6.45, 7) is 0. The van der Waals surface area contributed by atoms with Crippen molar-refractivity contribution in [3.63, 3.8) is 0 Å². The van der Waals surface area contributed by atoms with Gasteiger partial charge >= 0.3 is 0 Å². The van der Waals surface area contributed by atoms with Gasteiger partial charge in [0, 0.05) is 12.1 Å². The smallest absolute Gasteiger partial charge is 0.238 e. The molecule has 0 bridgehead atoms. The summed E-state index contributed by atoms with van der Waals surface area (Å²) in [6.07, 6.45) is 2.94. The summed E-state index contributed by atoms with van der Waals surface area (Å²) in [5, 5.41) is 13.3. The van der Waals surface area contributed by atoms with E-state index in [0.717, 1.165) is 11.8 Å². The Bertz CT molecular complexity index is 884. The fourth-order valence-corrected chi connectivity index (χ4v) is 3.27. The summed E-state index contributed by atoms with van der Waals surface area (Å²) in [7, 11) is 0. The predicted molar refractivity (Wildman–Crippen MR) is 103 cm³/mol. The number of nitrogens with one attached hydrogen (secondary N) is 2. The molecule has 2 heterocycles. The second kappa shape index (κ2) is 8.39. The maximum atomic E-state index is 12.4. The SMILES string of the molecule is O=C1CC(C(=O)Nc2ccc(Cl)c(Cl)c2)S/C(=N\N=Cc2ccco2)N1. The second-order valence-electron chi connectivity index (χ2n) is 5.14. The van der Waals surface area contributed by atoms with E-state index in [1.165, 1.54) is 18.5 Å². The second-order valence-corrected chi connectivity index (χ2v) is 7.15. The molecule has 1 aromatic heterocycles. The maximum Gasteiger partial charge on any atom is 0.238 e. The van der Waals surface area contributed by atoms with Crippen molar-refractivity contribution in [3.05, 3.63) is 52.4 Å². The van der Waals surface area contributed by atoms with E-state index in [0.29, 0.717) is 21.5 Å². The van der Waals surface area contributed by atoms with E-state index in [9.17, 15) is 9.59 Å². The molecule has 0 aliphatic carbocycles. The minimum atomic E-state index is -0.643. The highest BCUT2D eigenvalue weighted by atomic mass is 35.5. The number of thioether (sulfide) groups is 1. The van der Waals surface area contributed by atoms with Gasteiger partial charge in [-0.25, -0.2) is 0 Å². The number of rotatable bonds is 4. The zero-order chi connectivity index (χ0) is 18.5. The molecule has 1 unspecified atom stereocenters. The van der Waals surface area contributed by atoms with Crippen LogP contribution in [-0.4, -0.2) is 28.4 Å². The van der Waals surface area contributed by atoms with E-state index in [4.69, 9.17) is 27.6 Å². The minimum absolute atomic E-state index is 0.0265. The first-order valence-electron chi connectivity index (χ1n) is 7.38. The first-order valence-corrected chi connectivity index (χ1v) is 9.02. The largest absolute Gasteiger partial charge is 0.463 e. The molecule has 10 heteroatoms. The van der Waals surface area contributed by atoms with Crippen LogP contribution < -0.4 is 10.6 Å². The minimum Gasteiger partial charge on any atom is -0.463 e. The predicted octanol–water partition coefficient (Wildman–Crippen LogP) is 3.54. The number of nitrogens with zero attached hydrogens (tertiary/aromatic N) is 2. The molecule has 1 saturated heterocycles. The third-order valence-electron chi connectivity index (χ3n) is 3.23. The zero-order valence-electron chi connectivity index (χ0n) is 13.1. The molecule has 2 N–H and O–H groups in total. The Morgan fingerprint density at radius 1 is 1.35 bits per heavy atom. The maximum absolute atomic E-state index is 12.4. The number of amides is 2. The molecular weight excluding hydrogens is 399 g/mol. The summed E-state index contributed by atoms with van der Waals surface area (Å²) < 4.78 is 5.09. The number of carbonyl (C=O) groups excluding carboxylic acids is 2. The van der Waals surface area contributed by atoms with Crippen molar-refractivity contribution in [2.75, 3.05) is 5.32 Å². The van der Waals surface area contributed by atoms with E-state index in [2.05, 4.69) is 20.8 Å². The van der Waals surface area contributed by atoms with Crippen LogP contribution in [0.4, 0.5) is 5.69 Å². The van der Waals surface area contributed by atoms with Crippen LogP contribution in [0.3, 0.4) is 0 Å². The van der Waals surface area contributed by atoms with Gasteiger partial charge in [-0.1, -0.05) is 35.0 Å². The average molecular weight is 411 g/mol. The lowest BCUT2D eigenvalue weighted by Gasteiger charge is -2.21. The van der Waals surface area contributed by atoms with Crippen molar-refractivity contribution >= 4 is 63.8 Å². The topological polar surface area (TPSA) is 96.1 Å². The molecule has 7 nitrogen and oxygen atoms in total. The van der Waals surface area contributed by atoms with Gasteiger partial charge in [0.15, 0.2) is 5.17 Å². The Balaban J connectivity index is 1.66. The number of hydrogen-bond donors (Lipinski definition) is 2. The van der Waals surface area contributed by atoms with Gasteiger partial charge in [0.05, 0.1) is 22.5 Å². The number of anilines is 1. The number of halogens is 2. The number of amidine groups is 1. The molecule has 1 aliphatic heterocycles. The van der Waals surface area contributed by atoms with E-state index < -0.39 is 5.25 Å². The molecule has 1 atom stereocenters. The van der Waals surface area contributed by atoms with Gasteiger partial charge < -0.3 is 15.1 Å². The number of benzene rings is 1. The van der Waals surface area contributed by atoms with Gasteiger partial charge in [-0.15, -0.1) is 5.10 Å². The molecule has 1 aromatic carbocycles. The molecule has 1 aliphatic rings. The Kier molecular flexibility index (Phi) is 5.97. The van der Waals surface area contributed by atoms with Crippen LogP contribution >= 0.6 is 35.0 Å². The molecular formula is C16H12Cl2N4O3S. The first kappa shape index (κ1) is 18.5. The monoisotopic (exact) mass is 410 g/mol. The van der Waals surface area contributed by atoms with Crippen molar-refractivity contribution < 1.29 is 14.0 Å². The molecule has 26 heavy (non-hydrogen) atoms. The Morgan fingerprint density at radius 2 is 2.19 bits per heavy atom. The van der Waals surface area contributed by atoms with E-state index in [1.54, 1.807) is 24.3 Å². The fourth-order valence-electron chi connectivity index (χ4n) is 2.04. The number of furan rings is 1. The standard InChI is InChI=1S/C16H12Cl2N4O3S/c17-11-4-3-9(6-12(11)18)20-15(24)13-7-14(23)21-16(26-13)22-19-8-10-2-1-5-25-10/h1-6,8,13H,7H2,(H,20,24)(H,21,22,23). The summed E-state index contributed by atoms with van der Waals surface area (Å²) in [5.74, 6) is -0.133. The van der Waals surface area contributed by atoms with Crippen molar-refractivity contribution in [2.24, 2.45) is 10.2 Å². The molecule has 0 radical (unpaired) electrons. The molecule has 2 aromatic rings. The lowest BCUT2D eigenvalue weighted by Crippen LogP contribution is -2.41. The average Bonchev–Trinajstić information content (AvgIpc) is 3.11. The van der Waals surface area contributed by atoms with Crippen molar-refractivity contribution in [1.82, 2.24) is 5.32 Å².